The largest absolute Gasteiger partial charge is 0.491 e. The van der Waals surface area contributed by atoms with E-state index in [1.54, 1.807) is 0 Å². The molecule has 104 valence electrons. The summed E-state index contributed by atoms with van der Waals surface area (Å²) in [5.41, 5.74) is 0.972. The summed E-state index contributed by atoms with van der Waals surface area (Å²) < 4.78 is 5.93. The molecule has 2 aliphatic heterocycles. The first kappa shape index (κ1) is 11.9. The summed E-state index contributed by atoms with van der Waals surface area (Å²) in [5, 5.41) is 0. The molecule has 0 radical (unpaired) electrons. The maximum atomic E-state index is 12.8. The van der Waals surface area contributed by atoms with E-state index >= 15 is 0 Å². The number of imide groups is 1. The van der Waals surface area contributed by atoms with E-state index in [4.69, 9.17) is 4.74 Å². The average Bonchev–Trinajstić information content (AvgIpc) is 2.61. The third kappa shape index (κ3) is 1.06. The van der Waals surface area contributed by atoms with Crippen LogP contribution in [0.5, 0.6) is 5.75 Å². The number of aryl methyl sites for hydroxylation is 1. The van der Waals surface area contributed by atoms with Crippen molar-refractivity contribution in [2.45, 2.75) is 20.8 Å². The van der Waals surface area contributed by atoms with Crippen molar-refractivity contribution in [3.05, 3.63) is 23.8 Å². The number of nitrogens with zero attached hydrogens (tertiary/aromatic N) is 1. The Morgan fingerprint density at radius 2 is 2.10 bits per heavy atom. The van der Waals surface area contributed by atoms with E-state index in [0.717, 1.165) is 5.56 Å². The molecule has 4 nitrogen and oxygen atoms in total. The molecule has 1 aromatic carbocycles. The van der Waals surface area contributed by atoms with Gasteiger partial charge < -0.3 is 4.74 Å². The van der Waals surface area contributed by atoms with Gasteiger partial charge in [-0.25, -0.2) is 4.90 Å². The molecule has 4 heteroatoms. The van der Waals surface area contributed by atoms with Crippen molar-refractivity contribution >= 4 is 17.5 Å². The van der Waals surface area contributed by atoms with Gasteiger partial charge in [-0.2, -0.15) is 0 Å². The SMILES string of the molecule is Cc1cccc2c1N1C(=O)[C@H]3[C@H](C)[C@H](CO2)[C@@]3(C)C1=O. The van der Waals surface area contributed by atoms with Gasteiger partial charge in [-0.05, 0) is 31.4 Å². The molecule has 0 aromatic heterocycles. The Kier molecular flexibility index (Phi) is 2.05. The fourth-order valence-corrected chi connectivity index (χ4v) is 4.44. The third-order valence-corrected chi connectivity index (χ3v) is 5.57. The number of para-hydroxylation sites is 1. The highest BCUT2D eigenvalue weighted by Gasteiger charge is 2.72. The quantitative estimate of drug-likeness (QED) is 0.679. The molecule has 3 aliphatic rings. The van der Waals surface area contributed by atoms with Crippen LogP contribution in [-0.4, -0.2) is 18.4 Å². The molecule has 0 spiro atoms. The van der Waals surface area contributed by atoms with Gasteiger partial charge >= 0.3 is 0 Å². The van der Waals surface area contributed by atoms with Crippen molar-refractivity contribution in [3.63, 3.8) is 0 Å². The average molecular weight is 271 g/mol. The number of ether oxygens (including phenoxy) is 1. The topological polar surface area (TPSA) is 46.6 Å². The maximum Gasteiger partial charge on any atom is 0.241 e. The number of carbonyl (C=O) groups is 2. The number of anilines is 1. The normalized spacial score (nSPS) is 37.8. The molecule has 1 aromatic rings. The van der Waals surface area contributed by atoms with Crippen LogP contribution in [0.2, 0.25) is 0 Å². The van der Waals surface area contributed by atoms with Gasteiger partial charge in [-0.1, -0.05) is 19.1 Å². The summed E-state index contributed by atoms with van der Waals surface area (Å²) in [5.74, 6) is 0.693. The van der Waals surface area contributed by atoms with Crippen LogP contribution >= 0.6 is 0 Å². The van der Waals surface area contributed by atoms with Crippen LogP contribution in [0.3, 0.4) is 0 Å². The number of rotatable bonds is 0. The Morgan fingerprint density at radius 1 is 1.35 bits per heavy atom. The van der Waals surface area contributed by atoms with Crippen LogP contribution in [0.1, 0.15) is 19.4 Å². The van der Waals surface area contributed by atoms with Crippen LogP contribution < -0.4 is 9.64 Å². The Balaban J connectivity index is 1.98. The second-order valence-corrected chi connectivity index (χ2v) is 6.44. The number of benzene rings is 1. The fourth-order valence-electron chi connectivity index (χ4n) is 4.44. The maximum absolute atomic E-state index is 12.8. The number of fused-ring (bicyclic) bond motifs is 3. The van der Waals surface area contributed by atoms with Crippen molar-refractivity contribution in [2.24, 2.45) is 23.2 Å². The molecule has 1 aliphatic carbocycles. The monoisotopic (exact) mass is 271 g/mol. The lowest BCUT2D eigenvalue weighted by Gasteiger charge is -2.51. The number of amides is 2. The highest BCUT2D eigenvalue weighted by atomic mass is 16.5. The first-order valence-corrected chi connectivity index (χ1v) is 7.08. The highest BCUT2D eigenvalue weighted by molar-refractivity contribution is 6.25. The van der Waals surface area contributed by atoms with Crippen molar-refractivity contribution in [2.75, 3.05) is 11.5 Å². The minimum Gasteiger partial charge on any atom is -0.491 e. The molecule has 4 atom stereocenters. The first-order chi connectivity index (χ1) is 9.48. The van der Waals surface area contributed by atoms with Crippen LogP contribution in [0, 0.1) is 30.1 Å². The molecule has 20 heavy (non-hydrogen) atoms. The number of hydrogen-bond acceptors (Lipinski definition) is 3. The van der Waals surface area contributed by atoms with Crippen LogP contribution in [0.25, 0.3) is 0 Å². The zero-order chi connectivity index (χ0) is 14.2. The fraction of sp³-hybridized carbons (Fsp3) is 0.500. The molecule has 0 unspecified atom stereocenters. The standard InChI is InChI=1S/C16H17NO3/c1-8-5-4-6-11-13(8)17-14(18)12-9(2)10(7-20-11)16(12,3)15(17)19/h4-6,9-10,12H,7H2,1-3H3/t9-,10+,12-,16-/m1/s1. The second kappa shape index (κ2) is 3.43. The zero-order valence-electron chi connectivity index (χ0n) is 11.8. The van der Waals surface area contributed by atoms with Gasteiger partial charge in [0.25, 0.3) is 0 Å². The van der Waals surface area contributed by atoms with Gasteiger partial charge in [0, 0.05) is 5.92 Å². The van der Waals surface area contributed by atoms with Gasteiger partial charge in [0.05, 0.1) is 23.6 Å². The van der Waals surface area contributed by atoms with Gasteiger partial charge in [-0.15, -0.1) is 0 Å². The van der Waals surface area contributed by atoms with E-state index in [0.29, 0.717) is 18.0 Å². The van der Waals surface area contributed by atoms with E-state index in [1.807, 2.05) is 32.0 Å². The van der Waals surface area contributed by atoms with Gasteiger partial charge in [-0.3, -0.25) is 9.59 Å². The predicted molar refractivity (Wildman–Crippen MR) is 73.4 cm³/mol. The van der Waals surface area contributed by atoms with Gasteiger partial charge in [0.2, 0.25) is 11.8 Å². The van der Waals surface area contributed by atoms with Gasteiger partial charge in [0.1, 0.15) is 5.75 Å². The lowest BCUT2D eigenvalue weighted by atomic mass is 9.49. The first-order valence-electron chi connectivity index (χ1n) is 7.08. The molecule has 4 rings (SSSR count). The summed E-state index contributed by atoms with van der Waals surface area (Å²) in [6.45, 7) is 6.40. The van der Waals surface area contributed by atoms with E-state index in [2.05, 4.69) is 6.92 Å². The Morgan fingerprint density at radius 3 is 2.85 bits per heavy atom. The summed E-state index contributed by atoms with van der Waals surface area (Å²) in [4.78, 5) is 26.9. The van der Waals surface area contributed by atoms with E-state index in [1.165, 1.54) is 4.90 Å². The summed E-state index contributed by atoms with van der Waals surface area (Å²) in [6, 6.07) is 5.65. The van der Waals surface area contributed by atoms with Crippen molar-refractivity contribution in [3.8, 4) is 5.75 Å². The third-order valence-electron chi connectivity index (χ3n) is 5.57. The lowest BCUT2D eigenvalue weighted by Crippen LogP contribution is -2.58. The molecule has 2 heterocycles. The Hall–Kier alpha value is -1.84. The summed E-state index contributed by atoms with van der Waals surface area (Å²) in [7, 11) is 0. The highest BCUT2D eigenvalue weighted by Crippen LogP contribution is 2.63. The molecule has 2 amide bonds. The van der Waals surface area contributed by atoms with Crippen molar-refractivity contribution < 1.29 is 14.3 Å². The number of hydrogen-bond donors (Lipinski definition) is 0. The second-order valence-electron chi connectivity index (χ2n) is 6.44. The minimum absolute atomic E-state index is 0.0468. The van der Waals surface area contributed by atoms with Crippen LogP contribution in [-0.2, 0) is 9.59 Å². The van der Waals surface area contributed by atoms with E-state index in [9.17, 15) is 9.59 Å². The van der Waals surface area contributed by atoms with Gasteiger partial charge in [0.15, 0.2) is 0 Å². The minimum atomic E-state index is -0.573. The zero-order valence-corrected chi connectivity index (χ0v) is 11.8. The summed E-state index contributed by atoms with van der Waals surface area (Å²) >= 11 is 0. The van der Waals surface area contributed by atoms with E-state index in [-0.39, 0.29) is 29.6 Å². The molecule has 0 N–H and O–H groups in total. The Bertz CT molecular complexity index is 653. The van der Waals surface area contributed by atoms with E-state index < -0.39 is 5.41 Å². The Labute approximate surface area is 117 Å². The molecular formula is C16H17NO3. The number of carbonyl (C=O) groups excluding carboxylic acids is 2. The lowest BCUT2D eigenvalue weighted by molar-refractivity contribution is -0.156. The predicted octanol–water partition coefficient (Wildman–Crippen LogP) is 2.15. The molecule has 1 saturated carbocycles. The van der Waals surface area contributed by atoms with Crippen molar-refractivity contribution in [1.82, 2.24) is 0 Å². The molecule has 2 bridgehead atoms. The molecular weight excluding hydrogens is 254 g/mol. The van der Waals surface area contributed by atoms with Crippen molar-refractivity contribution in [1.29, 1.82) is 0 Å². The van der Waals surface area contributed by atoms with Crippen LogP contribution in [0.4, 0.5) is 5.69 Å². The smallest absolute Gasteiger partial charge is 0.241 e. The van der Waals surface area contributed by atoms with Crippen LogP contribution in [0.15, 0.2) is 18.2 Å². The molecule has 1 saturated heterocycles. The summed E-state index contributed by atoms with van der Waals surface area (Å²) in [6.07, 6.45) is 0. The molecule has 2 fully saturated rings.